The molecule has 0 aliphatic heterocycles. The second-order valence-corrected chi connectivity index (χ2v) is 5.20. The minimum Gasteiger partial charge on any atom is -0.508 e. The summed E-state index contributed by atoms with van der Waals surface area (Å²) in [6.45, 7) is 0.441. The van der Waals surface area contributed by atoms with E-state index >= 15 is 0 Å². The van der Waals surface area contributed by atoms with E-state index in [0.29, 0.717) is 17.9 Å². The Balaban J connectivity index is 1.76. The quantitative estimate of drug-likeness (QED) is 0.668. The number of phenolic OH excluding ortho intramolecular Hbond substituents is 1. The van der Waals surface area contributed by atoms with Gasteiger partial charge in [0.05, 0.1) is 4.92 Å². The van der Waals surface area contributed by atoms with Crippen LogP contribution in [0.5, 0.6) is 5.75 Å². The average Bonchev–Trinajstić information content (AvgIpc) is 2.90. The Morgan fingerprint density at radius 3 is 2.86 bits per heavy atom. The summed E-state index contributed by atoms with van der Waals surface area (Å²) in [4.78, 5) is 10.6. The molecule has 0 fully saturated rings. The molecule has 3 rings (SSSR count). The summed E-state index contributed by atoms with van der Waals surface area (Å²) < 4.78 is 0. The molecule has 108 valence electrons. The number of phenols is 1. The van der Waals surface area contributed by atoms with Crippen molar-refractivity contribution in [3.63, 3.8) is 0 Å². The fourth-order valence-electron chi connectivity index (χ4n) is 2.92. The number of hydrogen-bond acceptors (Lipinski definition) is 4. The highest BCUT2D eigenvalue weighted by Gasteiger charge is 2.24. The number of rotatable bonds is 4. The van der Waals surface area contributed by atoms with E-state index in [1.807, 2.05) is 12.1 Å². The Labute approximate surface area is 122 Å². The van der Waals surface area contributed by atoms with Crippen molar-refractivity contribution in [1.82, 2.24) is 5.32 Å². The van der Waals surface area contributed by atoms with E-state index in [1.54, 1.807) is 24.3 Å². The number of nitro groups is 1. The predicted molar refractivity (Wildman–Crippen MR) is 79.1 cm³/mol. The molecule has 1 unspecified atom stereocenters. The summed E-state index contributed by atoms with van der Waals surface area (Å²) in [5, 5.41) is 24.2. The van der Waals surface area contributed by atoms with Gasteiger partial charge in [-0.15, -0.1) is 0 Å². The summed E-state index contributed by atoms with van der Waals surface area (Å²) >= 11 is 0. The van der Waals surface area contributed by atoms with Crippen LogP contribution in [0.2, 0.25) is 0 Å². The molecule has 0 aromatic heterocycles. The van der Waals surface area contributed by atoms with Gasteiger partial charge in [-0.25, -0.2) is 0 Å². The molecule has 0 radical (unpaired) electrons. The molecule has 0 saturated heterocycles. The van der Waals surface area contributed by atoms with Gasteiger partial charge in [0.2, 0.25) is 0 Å². The number of aromatic hydroxyl groups is 1. The predicted octanol–water partition coefficient (Wildman–Crippen LogP) is 3.08. The van der Waals surface area contributed by atoms with Gasteiger partial charge in [-0.1, -0.05) is 30.3 Å². The molecule has 0 saturated carbocycles. The lowest BCUT2D eigenvalue weighted by Crippen LogP contribution is -2.19. The SMILES string of the molecule is O=[N+]([O-])c1ccccc1CNC1CCc2c(O)cccc21. The van der Waals surface area contributed by atoms with Crippen LogP contribution in [0.25, 0.3) is 0 Å². The number of hydrogen-bond donors (Lipinski definition) is 2. The molecule has 1 aliphatic carbocycles. The van der Waals surface area contributed by atoms with Crippen LogP contribution in [0, 0.1) is 10.1 Å². The Morgan fingerprint density at radius 2 is 2.05 bits per heavy atom. The summed E-state index contributed by atoms with van der Waals surface area (Å²) in [6.07, 6.45) is 1.73. The van der Waals surface area contributed by atoms with Crippen LogP contribution in [0.4, 0.5) is 5.69 Å². The lowest BCUT2D eigenvalue weighted by atomic mass is 10.1. The van der Waals surface area contributed by atoms with Crippen molar-refractivity contribution in [2.75, 3.05) is 0 Å². The van der Waals surface area contributed by atoms with Crippen LogP contribution in [-0.4, -0.2) is 10.0 Å². The highest BCUT2D eigenvalue weighted by Crippen LogP contribution is 2.36. The Morgan fingerprint density at radius 1 is 1.24 bits per heavy atom. The Bertz CT molecular complexity index is 685. The van der Waals surface area contributed by atoms with Crippen LogP contribution in [0.15, 0.2) is 42.5 Å². The minimum absolute atomic E-state index is 0.131. The van der Waals surface area contributed by atoms with E-state index in [-0.39, 0.29) is 16.7 Å². The van der Waals surface area contributed by atoms with Gasteiger partial charge in [-0.2, -0.15) is 0 Å². The maximum Gasteiger partial charge on any atom is 0.273 e. The molecule has 0 heterocycles. The third kappa shape index (κ3) is 2.60. The first-order valence-electron chi connectivity index (χ1n) is 6.93. The molecule has 0 bridgehead atoms. The summed E-state index contributed by atoms with van der Waals surface area (Å²) in [7, 11) is 0. The van der Waals surface area contributed by atoms with Crippen molar-refractivity contribution in [3.05, 3.63) is 69.3 Å². The largest absolute Gasteiger partial charge is 0.508 e. The van der Waals surface area contributed by atoms with Crippen LogP contribution in [-0.2, 0) is 13.0 Å². The zero-order valence-corrected chi connectivity index (χ0v) is 11.5. The van der Waals surface area contributed by atoms with Crippen molar-refractivity contribution < 1.29 is 10.0 Å². The normalized spacial score (nSPS) is 16.7. The highest BCUT2D eigenvalue weighted by molar-refractivity contribution is 5.44. The number of benzene rings is 2. The number of nitrogens with zero attached hydrogens (tertiary/aromatic N) is 1. The van der Waals surface area contributed by atoms with Gasteiger partial charge >= 0.3 is 0 Å². The summed E-state index contributed by atoms with van der Waals surface area (Å²) in [5.41, 5.74) is 2.89. The lowest BCUT2D eigenvalue weighted by Gasteiger charge is -2.14. The fraction of sp³-hybridized carbons (Fsp3) is 0.250. The number of nitrogens with one attached hydrogen (secondary N) is 1. The van der Waals surface area contributed by atoms with Gasteiger partial charge in [0.1, 0.15) is 5.75 Å². The zero-order valence-electron chi connectivity index (χ0n) is 11.5. The van der Waals surface area contributed by atoms with Crippen molar-refractivity contribution in [2.45, 2.75) is 25.4 Å². The van der Waals surface area contributed by atoms with E-state index in [4.69, 9.17) is 0 Å². The van der Waals surface area contributed by atoms with Gasteiger partial charge in [-0.05, 0) is 30.0 Å². The van der Waals surface area contributed by atoms with Gasteiger partial charge in [0.25, 0.3) is 5.69 Å². The molecule has 21 heavy (non-hydrogen) atoms. The first kappa shape index (κ1) is 13.6. The van der Waals surface area contributed by atoms with Crippen molar-refractivity contribution >= 4 is 5.69 Å². The van der Waals surface area contributed by atoms with Crippen LogP contribution in [0.3, 0.4) is 0 Å². The molecular weight excluding hydrogens is 268 g/mol. The standard InChI is InChI=1S/C16H16N2O3/c19-16-7-3-5-12-13(16)8-9-14(12)17-10-11-4-1-2-6-15(11)18(20)21/h1-7,14,17,19H,8-10H2. The first-order valence-corrected chi connectivity index (χ1v) is 6.93. The second-order valence-electron chi connectivity index (χ2n) is 5.20. The smallest absolute Gasteiger partial charge is 0.273 e. The topological polar surface area (TPSA) is 75.4 Å². The average molecular weight is 284 g/mol. The maximum absolute atomic E-state index is 11.0. The van der Waals surface area contributed by atoms with Crippen molar-refractivity contribution in [1.29, 1.82) is 0 Å². The van der Waals surface area contributed by atoms with Crippen molar-refractivity contribution in [2.24, 2.45) is 0 Å². The van der Waals surface area contributed by atoms with Crippen LogP contribution < -0.4 is 5.32 Å². The highest BCUT2D eigenvalue weighted by atomic mass is 16.6. The fourth-order valence-corrected chi connectivity index (χ4v) is 2.92. The molecule has 0 spiro atoms. The molecule has 2 aromatic rings. The van der Waals surface area contributed by atoms with E-state index in [9.17, 15) is 15.2 Å². The molecule has 2 N–H and O–H groups in total. The molecule has 5 heteroatoms. The summed E-state index contributed by atoms with van der Waals surface area (Å²) in [6, 6.07) is 12.4. The van der Waals surface area contributed by atoms with Gasteiger partial charge < -0.3 is 10.4 Å². The number of nitro benzene ring substituents is 1. The van der Waals surface area contributed by atoms with E-state index in [0.717, 1.165) is 24.0 Å². The minimum atomic E-state index is -0.356. The lowest BCUT2D eigenvalue weighted by molar-refractivity contribution is -0.385. The monoisotopic (exact) mass is 284 g/mol. The van der Waals surface area contributed by atoms with Gasteiger partial charge in [-0.3, -0.25) is 10.1 Å². The molecule has 2 aromatic carbocycles. The number of para-hydroxylation sites is 1. The van der Waals surface area contributed by atoms with E-state index < -0.39 is 0 Å². The molecular formula is C16H16N2O3. The molecule has 5 nitrogen and oxygen atoms in total. The number of fused-ring (bicyclic) bond motifs is 1. The van der Waals surface area contributed by atoms with Gasteiger partial charge in [0, 0.05) is 24.2 Å². The van der Waals surface area contributed by atoms with Crippen LogP contribution >= 0.6 is 0 Å². The molecule has 1 atom stereocenters. The zero-order chi connectivity index (χ0) is 14.8. The Hall–Kier alpha value is -2.40. The first-order chi connectivity index (χ1) is 10.2. The molecule has 1 aliphatic rings. The Kier molecular flexibility index (Phi) is 3.58. The van der Waals surface area contributed by atoms with Crippen LogP contribution in [0.1, 0.15) is 29.2 Å². The van der Waals surface area contributed by atoms with Crippen molar-refractivity contribution in [3.8, 4) is 5.75 Å². The van der Waals surface area contributed by atoms with Gasteiger partial charge in [0.15, 0.2) is 0 Å². The third-order valence-corrected chi connectivity index (χ3v) is 3.97. The van der Waals surface area contributed by atoms with E-state index in [1.165, 1.54) is 6.07 Å². The summed E-state index contributed by atoms with van der Waals surface area (Å²) in [5.74, 6) is 0.336. The molecule has 0 amide bonds. The maximum atomic E-state index is 11.0. The second kappa shape index (κ2) is 5.54. The van der Waals surface area contributed by atoms with E-state index in [2.05, 4.69) is 5.32 Å². The third-order valence-electron chi connectivity index (χ3n) is 3.97.